The number of halogens is 2. The lowest BCUT2D eigenvalue weighted by Crippen LogP contribution is -2.24. The molecule has 0 fully saturated rings. The minimum Gasteiger partial charge on any atom is -0.319 e. The second kappa shape index (κ2) is 7.18. The average molecular weight is 354 g/mol. The molecule has 0 amide bonds. The molecule has 0 saturated heterocycles. The second-order valence-electron chi connectivity index (χ2n) is 5.39. The Morgan fingerprint density at radius 2 is 2.05 bits per heavy atom. The maximum Gasteiger partial charge on any atom is 0.126 e. The van der Waals surface area contributed by atoms with E-state index < -0.39 is 0 Å². The van der Waals surface area contributed by atoms with E-state index in [1.54, 1.807) is 6.07 Å². The van der Waals surface area contributed by atoms with Crippen molar-refractivity contribution in [1.82, 2.24) is 15.1 Å². The molecule has 1 N–H and O–H groups in total. The van der Waals surface area contributed by atoms with Crippen LogP contribution in [0.5, 0.6) is 0 Å². The maximum atomic E-state index is 13.8. The highest BCUT2D eigenvalue weighted by Gasteiger charge is 2.18. The molecule has 21 heavy (non-hydrogen) atoms. The first kappa shape index (κ1) is 16.2. The molecule has 0 aliphatic heterocycles. The molecule has 2 aromatic rings. The van der Waals surface area contributed by atoms with Crippen LogP contribution >= 0.6 is 15.9 Å². The Labute approximate surface area is 133 Å². The summed E-state index contributed by atoms with van der Waals surface area (Å²) in [5.41, 5.74) is 2.92. The minimum absolute atomic E-state index is 0.126. The van der Waals surface area contributed by atoms with Gasteiger partial charge >= 0.3 is 0 Å². The zero-order valence-electron chi connectivity index (χ0n) is 12.7. The van der Waals surface area contributed by atoms with Gasteiger partial charge in [-0.05, 0) is 66.8 Å². The van der Waals surface area contributed by atoms with Crippen LogP contribution in [0.1, 0.15) is 17.0 Å². The molecule has 0 radical (unpaired) electrons. The molecule has 1 atom stereocenters. The fraction of sp³-hybridized carbons (Fsp3) is 0.438. The number of nitrogens with one attached hydrogen (secondary N) is 1. The van der Waals surface area contributed by atoms with Crippen molar-refractivity contribution >= 4 is 15.9 Å². The van der Waals surface area contributed by atoms with E-state index >= 15 is 0 Å². The van der Waals surface area contributed by atoms with Gasteiger partial charge in [-0.3, -0.25) is 4.68 Å². The van der Waals surface area contributed by atoms with Crippen molar-refractivity contribution in [1.29, 1.82) is 0 Å². The summed E-state index contributed by atoms with van der Waals surface area (Å²) < 4.78 is 16.8. The lowest BCUT2D eigenvalue weighted by atomic mass is 9.94. The van der Waals surface area contributed by atoms with E-state index in [1.165, 1.54) is 6.07 Å². The summed E-state index contributed by atoms with van der Waals surface area (Å²) in [5, 5.41) is 7.63. The van der Waals surface area contributed by atoms with Crippen molar-refractivity contribution in [2.75, 3.05) is 13.6 Å². The molecule has 114 valence electrons. The van der Waals surface area contributed by atoms with Crippen LogP contribution in [-0.2, 0) is 19.9 Å². The lowest BCUT2D eigenvalue weighted by molar-refractivity contribution is 0.465. The topological polar surface area (TPSA) is 29.9 Å². The molecule has 1 aromatic heterocycles. The van der Waals surface area contributed by atoms with Gasteiger partial charge in [0.25, 0.3) is 0 Å². The molecule has 5 heteroatoms. The summed E-state index contributed by atoms with van der Waals surface area (Å²) in [6.07, 6.45) is 1.57. The molecule has 1 heterocycles. The van der Waals surface area contributed by atoms with Crippen LogP contribution in [0.15, 0.2) is 28.7 Å². The van der Waals surface area contributed by atoms with Gasteiger partial charge in [0.05, 0.1) is 15.9 Å². The first-order valence-corrected chi connectivity index (χ1v) is 7.88. The van der Waals surface area contributed by atoms with Crippen molar-refractivity contribution in [2.45, 2.75) is 19.8 Å². The first-order valence-electron chi connectivity index (χ1n) is 7.09. The molecule has 0 spiro atoms. The summed E-state index contributed by atoms with van der Waals surface area (Å²) in [4.78, 5) is 0. The van der Waals surface area contributed by atoms with Crippen LogP contribution in [0.2, 0.25) is 0 Å². The molecule has 0 aliphatic rings. The highest BCUT2D eigenvalue weighted by molar-refractivity contribution is 9.10. The van der Waals surface area contributed by atoms with E-state index in [1.807, 2.05) is 37.8 Å². The van der Waals surface area contributed by atoms with Crippen LogP contribution in [0.4, 0.5) is 4.39 Å². The Morgan fingerprint density at radius 1 is 1.33 bits per heavy atom. The fourth-order valence-electron chi connectivity index (χ4n) is 2.66. The standard InChI is InChI=1S/C16H21BrFN3/c1-11-16(17)15(21(3)20-11)9-12(10-19-2)8-13-6-4-5-7-14(13)18/h4-7,12,19H,8-10H2,1-3H3. The van der Waals surface area contributed by atoms with Crippen molar-refractivity contribution in [3.8, 4) is 0 Å². The van der Waals surface area contributed by atoms with Crippen LogP contribution in [0.3, 0.4) is 0 Å². The molecule has 3 nitrogen and oxygen atoms in total. The van der Waals surface area contributed by atoms with Crippen LogP contribution in [0.25, 0.3) is 0 Å². The number of hydrogen-bond acceptors (Lipinski definition) is 2. The van der Waals surface area contributed by atoms with Crippen LogP contribution in [-0.4, -0.2) is 23.4 Å². The van der Waals surface area contributed by atoms with Crippen molar-refractivity contribution in [3.05, 3.63) is 51.5 Å². The Hall–Kier alpha value is -1.20. The molecule has 1 aromatic carbocycles. The highest BCUT2D eigenvalue weighted by atomic mass is 79.9. The molecular weight excluding hydrogens is 333 g/mol. The largest absolute Gasteiger partial charge is 0.319 e. The zero-order valence-corrected chi connectivity index (χ0v) is 14.2. The van der Waals surface area contributed by atoms with Gasteiger partial charge in [-0.1, -0.05) is 18.2 Å². The quantitative estimate of drug-likeness (QED) is 0.863. The third-order valence-electron chi connectivity index (χ3n) is 3.70. The third-order valence-corrected chi connectivity index (χ3v) is 4.73. The molecule has 0 aliphatic carbocycles. The summed E-state index contributed by atoms with van der Waals surface area (Å²) >= 11 is 3.60. The SMILES string of the molecule is CNCC(Cc1ccccc1F)Cc1c(Br)c(C)nn1C. The predicted octanol–water partition coefficient (Wildman–Crippen LogP) is 3.25. The van der Waals surface area contributed by atoms with E-state index in [2.05, 4.69) is 26.3 Å². The maximum absolute atomic E-state index is 13.8. The predicted molar refractivity (Wildman–Crippen MR) is 86.9 cm³/mol. The smallest absolute Gasteiger partial charge is 0.126 e. The molecule has 0 saturated carbocycles. The van der Waals surface area contributed by atoms with Gasteiger partial charge in [0.15, 0.2) is 0 Å². The Bertz CT molecular complexity index is 610. The minimum atomic E-state index is -0.126. The Balaban J connectivity index is 2.18. The van der Waals surface area contributed by atoms with E-state index in [-0.39, 0.29) is 5.82 Å². The normalized spacial score (nSPS) is 12.6. The van der Waals surface area contributed by atoms with Crippen LogP contribution < -0.4 is 5.32 Å². The van der Waals surface area contributed by atoms with Gasteiger partial charge in [0.1, 0.15) is 5.82 Å². The van der Waals surface area contributed by atoms with Gasteiger partial charge in [0.2, 0.25) is 0 Å². The fourth-order valence-corrected chi connectivity index (χ4v) is 3.15. The number of hydrogen-bond donors (Lipinski definition) is 1. The van der Waals surface area contributed by atoms with Gasteiger partial charge in [-0.2, -0.15) is 5.10 Å². The number of nitrogens with zero attached hydrogens (tertiary/aromatic N) is 2. The van der Waals surface area contributed by atoms with Crippen LogP contribution in [0, 0.1) is 18.7 Å². The zero-order chi connectivity index (χ0) is 15.4. The number of aryl methyl sites for hydroxylation is 2. The van der Waals surface area contributed by atoms with Crippen molar-refractivity contribution in [3.63, 3.8) is 0 Å². The monoisotopic (exact) mass is 353 g/mol. The van der Waals surface area contributed by atoms with E-state index in [4.69, 9.17) is 0 Å². The molecule has 0 bridgehead atoms. The molecular formula is C16H21BrFN3. The summed E-state index contributed by atoms with van der Waals surface area (Å²) in [7, 11) is 3.88. The molecule has 1 unspecified atom stereocenters. The first-order chi connectivity index (χ1) is 10.0. The lowest BCUT2D eigenvalue weighted by Gasteiger charge is -2.17. The molecule has 2 rings (SSSR count). The second-order valence-corrected chi connectivity index (χ2v) is 6.19. The van der Waals surface area contributed by atoms with Gasteiger partial charge in [-0.25, -0.2) is 4.39 Å². The van der Waals surface area contributed by atoms with E-state index in [9.17, 15) is 4.39 Å². The van der Waals surface area contributed by atoms with Gasteiger partial charge in [-0.15, -0.1) is 0 Å². The van der Waals surface area contributed by atoms with E-state index in [0.29, 0.717) is 12.3 Å². The van der Waals surface area contributed by atoms with E-state index in [0.717, 1.165) is 34.4 Å². The van der Waals surface area contributed by atoms with Crippen molar-refractivity contribution in [2.24, 2.45) is 13.0 Å². The summed E-state index contributed by atoms with van der Waals surface area (Å²) in [6.45, 7) is 2.82. The average Bonchev–Trinajstić information content (AvgIpc) is 2.68. The number of aromatic nitrogens is 2. The number of benzene rings is 1. The third kappa shape index (κ3) is 3.92. The Morgan fingerprint density at radius 3 is 2.62 bits per heavy atom. The number of rotatable bonds is 6. The van der Waals surface area contributed by atoms with Gasteiger partial charge in [0, 0.05) is 7.05 Å². The van der Waals surface area contributed by atoms with Crippen molar-refractivity contribution < 1.29 is 4.39 Å². The highest BCUT2D eigenvalue weighted by Crippen LogP contribution is 2.24. The van der Waals surface area contributed by atoms with Gasteiger partial charge < -0.3 is 5.32 Å². The Kier molecular flexibility index (Phi) is 5.53. The summed E-state index contributed by atoms with van der Waals surface area (Å²) in [6, 6.07) is 7.00. The summed E-state index contributed by atoms with van der Waals surface area (Å²) in [5.74, 6) is 0.192.